The van der Waals surface area contributed by atoms with E-state index >= 15 is 0 Å². The molecule has 0 bridgehead atoms. The summed E-state index contributed by atoms with van der Waals surface area (Å²) in [7, 11) is 0. The van der Waals surface area contributed by atoms with Gasteiger partial charge in [0.2, 0.25) is 0 Å². The molecule has 0 aromatic heterocycles. The summed E-state index contributed by atoms with van der Waals surface area (Å²) in [5.74, 6) is 0.392. The highest BCUT2D eigenvalue weighted by Crippen LogP contribution is 2.26. The first kappa shape index (κ1) is 6.86. The molecule has 0 radical (unpaired) electrons. The van der Waals surface area contributed by atoms with Crippen LogP contribution in [0.15, 0.2) is 11.1 Å². The number of hydrogen-bond donors (Lipinski definition) is 0. The molecule has 1 rings (SSSR count). The van der Waals surface area contributed by atoms with Crippen LogP contribution in [0.4, 0.5) is 8.78 Å². The van der Waals surface area contributed by atoms with Crippen LogP contribution in [0.1, 0.15) is 6.92 Å². The summed E-state index contributed by atoms with van der Waals surface area (Å²) in [6.45, 7) is -0.512. The summed E-state index contributed by atoms with van der Waals surface area (Å²) in [6, 6.07) is 0. The van der Waals surface area contributed by atoms with Crippen LogP contribution in [0.3, 0.4) is 0 Å². The fraction of sp³-hybridized carbons (Fsp3) is 0.600. The Morgan fingerprint density at radius 1 is 1.78 bits per heavy atom. The van der Waals surface area contributed by atoms with E-state index in [1.54, 1.807) is 0 Å². The third kappa shape index (κ3) is 1.58. The molecule has 9 heavy (non-hydrogen) atoms. The van der Waals surface area contributed by atoms with E-state index in [4.69, 9.17) is 0 Å². The number of hydrogen-bond acceptors (Lipinski definition) is 2. The van der Waals surface area contributed by atoms with Crippen LogP contribution in [0.2, 0.25) is 0 Å². The number of rotatable bonds is 1. The second-order valence-corrected chi connectivity index (χ2v) is 3.00. The van der Waals surface area contributed by atoms with Crippen LogP contribution < -0.4 is 0 Å². The maximum absolute atomic E-state index is 11.8. The third-order valence-corrected chi connectivity index (χ3v) is 2.03. The Balaban J connectivity index is 2.47. The molecule has 52 valence electrons. The van der Waals surface area contributed by atoms with E-state index in [0.717, 1.165) is 9.81 Å². The standard InChI is InChI=1S/C5H7F2NS/c1-4-2-8(3-9-4)5(6)7/h2,5H,3H2,1H3. The van der Waals surface area contributed by atoms with Gasteiger partial charge in [-0.05, 0) is 11.8 Å². The van der Waals surface area contributed by atoms with Gasteiger partial charge in [-0.3, -0.25) is 0 Å². The molecule has 0 unspecified atom stereocenters. The van der Waals surface area contributed by atoms with Gasteiger partial charge in [-0.15, -0.1) is 11.8 Å². The molecule has 1 aliphatic heterocycles. The van der Waals surface area contributed by atoms with Crippen molar-refractivity contribution in [3.63, 3.8) is 0 Å². The normalized spacial score (nSPS) is 19.1. The van der Waals surface area contributed by atoms with E-state index in [2.05, 4.69) is 0 Å². The molecule has 0 aliphatic carbocycles. The zero-order chi connectivity index (χ0) is 6.85. The molecule has 0 atom stereocenters. The minimum atomic E-state index is -2.34. The van der Waals surface area contributed by atoms with Gasteiger partial charge in [0.25, 0.3) is 0 Å². The quantitative estimate of drug-likeness (QED) is 0.528. The lowest BCUT2D eigenvalue weighted by Gasteiger charge is -2.10. The van der Waals surface area contributed by atoms with E-state index in [1.165, 1.54) is 18.0 Å². The van der Waals surface area contributed by atoms with Crippen molar-refractivity contribution in [1.82, 2.24) is 4.90 Å². The van der Waals surface area contributed by atoms with Crippen LogP contribution in [-0.4, -0.2) is 17.3 Å². The van der Waals surface area contributed by atoms with Crippen molar-refractivity contribution < 1.29 is 8.78 Å². The van der Waals surface area contributed by atoms with E-state index in [9.17, 15) is 8.78 Å². The molecule has 1 heterocycles. The van der Waals surface area contributed by atoms with Gasteiger partial charge in [0.15, 0.2) is 0 Å². The van der Waals surface area contributed by atoms with E-state index < -0.39 is 6.55 Å². The van der Waals surface area contributed by atoms with Gasteiger partial charge in [0, 0.05) is 6.20 Å². The van der Waals surface area contributed by atoms with E-state index in [0.29, 0.717) is 5.88 Å². The SMILES string of the molecule is CC1=CN(C(F)F)CS1. The molecule has 0 saturated carbocycles. The molecule has 0 N–H and O–H groups in total. The number of alkyl halides is 2. The van der Waals surface area contributed by atoms with E-state index in [-0.39, 0.29) is 0 Å². The summed E-state index contributed by atoms with van der Waals surface area (Å²) in [5.41, 5.74) is 0. The van der Waals surface area contributed by atoms with Gasteiger partial charge in [-0.2, -0.15) is 8.78 Å². The van der Waals surface area contributed by atoms with Crippen molar-refractivity contribution >= 4 is 11.8 Å². The minimum Gasteiger partial charge on any atom is -0.312 e. The summed E-state index contributed by atoms with van der Waals surface area (Å²) < 4.78 is 23.6. The van der Waals surface area contributed by atoms with Crippen LogP contribution >= 0.6 is 11.8 Å². The smallest absolute Gasteiger partial charge is 0.312 e. The number of allylic oxidation sites excluding steroid dienone is 1. The molecule has 0 amide bonds. The van der Waals surface area contributed by atoms with Crippen molar-refractivity contribution in [1.29, 1.82) is 0 Å². The van der Waals surface area contributed by atoms with Crippen LogP contribution in [0, 0.1) is 0 Å². The second kappa shape index (κ2) is 2.56. The molecule has 0 aromatic rings. The lowest BCUT2D eigenvalue weighted by atomic mass is 10.6. The Morgan fingerprint density at radius 2 is 2.44 bits per heavy atom. The van der Waals surface area contributed by atoms with Crippen LogP contribution in [0.5, 0.6) is 0 Å². The van der Waals surface area contributed by atoms with Gasteiger partial charge in [-0.1, -0.05) is 0 Å². The lowest BCUT2D eigenvalue weighted by molar-refractivity contribution is 0.0200. The zero-order valence-electron chi connectivity index (χ0n) is 4.97. The number of halogens is 2. The fourth-order valence-electron chi connectivity index (χ4n) is 0.597. The van der Waals surface area contributed by atoms with Crippen LogP contribution in [-0.2, 0) is 0 Å². The molecule has 0 saturated heterocycles. The summed E-state index contributed by atoms with van der Waals surface area (Å²) in [6.07, 6.45) is 1.48. The highest BCUT2D eigenvalue weighted by atomic mass is 32.2. The molecule has 4 heteroatoms. The average Bonchev–Trinajstić information content (AvgIpc) is 2.14. The second-order valence-electron chi connectivity index (χ2n) is 1.81. The predicted molar refractivity (Wildman–Crippen MR) is 34.1 cm³/mol. The predicted octanol–water partition coefficient (Wildman–Crippen LogP) is 2.08. The van der Waals surface area contributed by atoms with Crippen molar-refractivity contribution in [2.75, 3.05) is 5.88 Å². The van der Waals surface area contributed by atoms with Gasteiger partial charge in [0.1, 0.15) is 0 Å². The molecule has 0 fully saturated rings. The minimum absolute atomic E-state index is 0.392. The Hall–Kier alpha value is -0.250. The Bertz CT molecular complexity index is 135. The molecule has 0 aromatic carbocycles. The Labute approximate surface area is 56.7 Å². The van der Waals surface area contributed by atoms with Gasteiger partial charge >= 0.3 is 6.55 Å². The molecular weight excluding hydrogens is 144 g/mol. The first-order chi connectivity index (χ1) is 4.20. The first-order valence-corrected chi connectivity index (χ1v) is 3.54. The zero-order valence-corrected chi connectivity index (χ0v) is 5.79. The average molecular weight is 151 g/mol. The van der Waals surface area contributed by atoms with Crippen molar-refractivity contribution in [3.8, 4) is 0 Å². The summed E-state index contributed by atoms with van der Waals surface area (Å²) >= 11 is 1.44. The maximum atomic E-state index is 11.8. The summed E-state index contributed by atoms with van der Waals surface area (Å²) in [4.78, 5) is 1.97. The number of nitrogens with zero attached hydrogens (tertiary/aromatic N) is 1. The molecule has 1 nitrogen and oxygen atoms in total. The maximum Gasteiger partial charge on any atom is 0.315 e. The van der Waals surface area contributed by atoms with Crippen molar-refractivity contribution in [2.24, 2.45) is 0 Å². The summed E-state index contributed by atoms with van der Waals surface area (Å²) in [5, 5.41) is 0. The molecular formula is C5H7F2NS. The first-order valence-electron chi connectivity index (χ1n) is 2.55. The van der Waals surface area contributed by atoms with Crippen LogP contribution in [0.25, 0.3) is 0 Å². The van der Waals surface area contributed by atoms with Gasteiger partial charge in [0.05, 0.1) is 5.88 Å². The molecule has 1 aliphatic rings. The van der Waals surface area contributed by atoms with E-state index in [1.807, 2.05) is 6.92 Å². The van der Waals surface area contributed by atoms with Crippen molar-refractivity contribution in [2.45, 2.75) is 13.5 Å². The molecule has 0 spiro atoms. The fourth-order valence-corrected chi connectivity index (χ4v) is 1.35. The number of thioether (sulfide) groups is 1. The van der Waals surface area contributed by atoms with Crippen molar-refractivity contribution in [3.05, 3.63) is 11.1 Å². The van der Waals surface area contributed by atoms with Gasteiger partial charge < -0.3 is 4.90 Å². The highest BCUT2D eigenvalue weighted by Gasteiger charge is 2.16. The Morgan fingerprint density at radius 3 is 2.67 bits per heavy atom. The lowest BCUT2D eigenvalue weighted by Crippen LogP contribution is -2.19. The topological polar surface area (TPSA) is 3.24 Å². The Kier molecular flexibility index (Phi) is 1.95. The van der Waals surface area contributed by atoms with Gasteiger partial charge in [-0.25, -0.2) is 0 Å². The highest BCUT2D eigenvalue weighted by molar-refractivity contribution is 8.03. The monoisotopic (exact) mass is 151 g/mol. The largest absolute Gasteiger partial charge is 0.315 e. The third-order valence-electron chi connectivity index (χ3n) is 1.04.